The summed E-state index contributed by atoms with van der Waals surface area (Å²) in [5, 5.41) is 2.64. The van der Waals surface area contributed by atoms with Crippen molar-refractivity contribution in [1.82, 2.24) is 10.2 Å². The molecule has 5 rings (SSSR count). The molecule has 1 saturated heterocycles. The lowest BCUT2D eigenvalue weighted by molar-refractivity contribution is -0.678. The van der Waals surface area contributed by atoms with Gasteiger partial charge in [0.25, 0.3) is 5.91 Å². The third-order valence-corrected chi connectivity index (χ3v) is 5.64. The molecule has 1 unspecified atom stereocenters. The van der Waals surface area contributed by atoms with Crippen molar-refractivity contribution in [2.75, 3.05) is 4.90 Å². The van der Waals surface area contributed by atoms with Crippen molar-refractivity contribution in [2.24, 2.45) is 0 Å². The van der Waals surface area contributed by atoms with Crippen molar-refractivity contribution in [3.63, 3.8) is 0 Å². The molecule has 1 aliphatic heterocycles. The molecule has 30 heavy (non-hydrogen) atoms. The first-order chi connectivity index (χ1) is 14.6. The smallest absolute Gasteiger partial charge is 0.283 e. The van der Waals surface area contributed by atoms with E-state index in [0.29, 0.717) is 11.4 Å². The van der Waals surface area contributed by atoms with Crippen LogP contribution in [0.25, 0.3) is 5.69 Å². The van der Waals surface area contributed by atoms with Gasteiger partial charge in [-0.25, -0.2) is 9.69 Å². The van der Waals surface area contributed by atoms with Gasteiger partial charge in [0.2, 0.25) is 11.6 Å². The number of nitrogens with zero attached hydrogens (tertiary/aromatic N) is 3. The van der Waals surface area contributed by atoms with Gasteiger partial charge in [-0.2, -0.15) is 0 Å². The Morgan fingerprint density at radius 3 is 2.33 bits per heavy atom. The summed E-state index contributed by atoms with van der Waals surface area (Å²) >= 11 is 0. The summed E-state index contributed by atoms with van der Waals surface area (Å²) in [4.78, 5) is 41.6. The van der Waals surface area contributed by atoms with Gasteiger partial charge >= 0.3 is 11.3 Å². The molecule has 1 N–H and O–H groups in total. The van der Waals surface area contributed by atoms with Crippen LogP contribution < -0.4 is 15.2 Å². The normalized spacial score (nSPS) is 19.1. The molecule has 3 aromatic rings. The first kappa shape index (κ1) is 18.5. The van der Waals surface area contributed by atoms with Gasteiger partial charge in [0.05, 0.1) is 24.7 Å². The van der Waals surface area contributed by atoms with Crippen LogP contribution in [-0.4, -0.2) is 34.1 Å². The Kier molecular flexibility index (Phi) is 4.55. The minimum absolute atomic E-state index is 0.103. The monoisotopic (exact) mass is 405 g/mol. The number of H-pyrrole nitrogens is 1. The molecule has 152 valence electrons. The lowest BCUT2D eigenvalue weighted by atomic mass is 10.2. The molecule has 1 atom stereocenters. The second-order valence-corrected chi connectivity index (χ2v) is 7.62. The first-order valence-corrected chi connectivity index (χ1v) is 9.99. The Morgan fingerprint density at radius 2 is 1.67 bits per heavy atom. The highest BCUT2D eigenvalue weighted by atomic mass is 16.5. The highest BCUT2D eigenvalue weighted by Gasteiger charge is 2.48. The van der Waals surface area contributed by atoms with Crippen molar-refractivity contribution in [1.29, 1.82) is 0 Å². The zero-order valence-corrected chi connectivity index (χ0v) is 16.2. The summed E-state index contributed by atoms with van der Waals surface area (Å²) in [6.45, 7) is 0.220. The maximum absolute atomic E-state index is 13.2. The quantitative estimate of drug-likeness (QED) is 0.496. The number of benzene rings is 2. The fraction of sp³-hybridized carbons (Fsp3) is 0.273. The van der Waals surface area contributed by atoms with E-state index >= 15 is 0 Å². The van der Waals surface area contributed by atoms with Crippen LogP contribution >= 0.6 is 0 Å². The van der Waals surface area contributed by atoms with Gasteiger partial charge in [0.1, 0.15) is 0 Å². The van der Waals surface area contributed by atoms with Crippen molar-refractivity contribution in [3.05, 3.63) is 76.8 Å². The van der Waals surface area contributed by atoms with Crippen molar-refractivity contribution in [2.45, 2.75) is 37.9 Å². The van der Waals surface area contributed by atoms with Gasteiger partial charge in [-0.3, -0.25) is 19.0 Å². The minimum Gasteiger partial charge on any atom is -0.283 e. The van der Waals surface area contributed by atoms with E-state index in [0.717, 1.165) is 18.5 Å². The van der Waals surface area contributed by atoms with E-state index < -0.39 is 11.7 Å². The van der Waals surface area contributed by atoms with Gasteiger partial charge in [-0.1, -0.05) is 36.4 Å². The van der Waals surface area contributed by atoms with E-state index in [1.165, 1.54) is 4.90 Å². The number of hydrogen-bond donors (Lipinski definition) is 1. The second-order valence-electron chi connectivity index (χ2n) is 7.62. The van der Waals surface area contributed by atoms with Crippen LogP contribution in [0.2, 0.25) is 0 Å². The lowest BCUT2D eigenvalue weighted by Gasteiger charge is -2.25. The largest absolute Gasteiger partial charge is 0.431 e. The van der Waals surface area contributed by atoms with Crippen LogP contribution in [0.1, 0.15) is 25.0 Å². The number of hydrogen-bond acceptors (Lipinski definition) is 5. The Balaban J connectivity index is 1.46. The van der Waals surface area contributed by atoms with E-state index in [1.54, 1.807) is 28.9 Å². The number of anilines is 1. The Bertz CT molecular complexity index is 1130. The van der Waals surface area contributed by atoms with Crippen LogP contribution in [0, 0.1) is 0 Å². The van der Waals surface area contributed by atoms with E-state index in [9.17, 15) is 14.4 Å². The van der Waals surface area contributed by atoms with Gasteiger partial charge in [0, 0.05) is 18.2 Å². The summed E-state index contributed by atoms with van der Waals surface area (Å²) in [5.41, 5.74) is 1.24. The third kappa shape index (κ3) is 3.25. The predicted octanol–water partition coefficient (Wildman–Crippen LogP) is 1.54. The number of para-hydroxylation sites is 2. The Hall–Kier alpha value is -3.52. The topological polar surface area (TPSA) is 90.5 Å². The van der Waals surface area contributed by atoms with Gasteiger partial charge in [-0.05, 0) is 34.9 Å². The van der Waals surface area contributed by atoms with Crippen molar-refractivity contribution >= 4 is 17.5 Å². The minimum atomic E-state index is -0.594. The third-order valence-electron chi connectivity index (χ3n) is 5.64. The number of aromatic nitrogens is 2. The molecule has 0 radical (unpaired) electrons. The van der Waals surface area contributed by atoms with E-state index in [1.807, 2.05) is 41.3 Å². The molecule has 2 heterocycles. The summed E-state index contributed by atoms with van der Waals surface area (Å²) < 4.78 is 6.64. The van der Waals surface area contributed by atoms with Crippen LogP contribution in [0.5, 0.6) is 0 Å². The average molecular weight is 405 g/mol. The van der Waals surface area contributed by atoms with Crippen LogP contribution in [0.3, 0.4) is 0 Å². The van der Waals surface area contributed by atoms with Crippen molar-refractivity contribution < 1.29 is 18.8 Å². The van der Waals surface area contributed by atoms with E-state index in [4.69, 9.17) is 4.52 Å². The molecule has 0 spiro atoms. The first-order valence-electron chi connectivity index (χ1n) is 9.99. The molecular formula is C22H21N4O4+. The number of aromatic amines is 1. The highest BCUT2D eigenvalue weighted by Crippen LogP contribution is 2.34. The number of carbonyl (C=O) groups is 2. The fourth-order valence-electron chi connectivity index (χ4n) is 4.01. The van der Waals surface area contributed by atoms with E-state index in [-0.39, 0.29) is 30.8 Å². The molecule has 2 fully saturated rings. The molecule has 2 amide bonds. The van der Waals surface area contributed by atoms with Crippen LogP contribution in [0.15, 0.2) is 70.0 Å². The van der Waals surface area contributed by atoms with Crippen LogP contribution in [0.4, 0.5) is 5.69 Å². The van der Waals surface area contributed by atoms with Crippen LogP contribution in [-0.2, 0) is 16.1 Å². The molecule has 1 aromatic heterocycles. The summed E-state index contributed by atoms with van der Waals surface area (Å²) in [6.07, 6.45) is 1.97. The maximum atomic E-state index is 13.2. The molecule has 0 bridgehead atoms. The van der Waals surface area contributed by atoms with E-state index in [2.05, 4.69) is 5.27 Å². The summed E-state index contributed by atoms with van der Waals surface area (Å²) in [7, 11) is 0. The second kappa shape index (κ2) is 7.38. The number of rotatable bonds is 6. The van der Waals surface area contributed by atoms with Gasteiger partial charge in [0.15, 0.2) is 0 Å². The Labute approximate surface area is 172 Å². The average Bonchev–Trinajstić information content (AvgIpc) is 3.48. The lowest BCUT2D eigenvalue weighted by Crippen LogP contribution is -2.47. The molecule has 2 aromatic carbocycles. The zero-order chi connectivity index (χ0) is 20.7. The predicted molar refractivity (Wildman–Crippen MR) is 107 cm³/mol. The van der Waals surface area contributed by atoms with Gasteiger partial charge < -0.3 is 0 Å². The maximum Gasteiger partial charge on any atom is 0.431 e. The molecule has 1 saturated carbocycles. The van der Waals surface area contributed by atoms with Gasteiger partial charge in [-0.15, -0.1) is 0 Å². The number of nitrogens with one attached hydrogen (secondary N) is 1. The molecular weight excluding hydrogens is 384 g/mol. The number of imide groups is 1. The number of carbonyl (C=O) groups excluding carboxylic acids is 2. The SMILES string of the molecule is O=C1CC(N(Cc2c(=O)o[nH][n+]2-c2ccccc2)C2CC2)C(=O)N1c1ccccc1. The molecule has 8 heteroatoms. The summed E-state index contributed by atoms with van der Waals surface area (Å²) in [6, 6.07) is 17.9. The standard InChI is InChI=1S/C22H20N4O4/c27-20-13-18(21(28)25(20)16-7-3-1-4-8-16)24(15-11-12-15)14-19-22(29)30-23-26(19)17-9-5-2-6-10-17/h1-10,15,18H,11-14H2/p+1. The molecule has 2 aliphatic rings. The zero-order valence-electron chi connectivity index (χ0n) is 16.2. The fourth-order valence-corrected chi connectivity index (χ4v) is 4.01. The summed E-state index contributed by atoms with van der Waals surface area (Å²) in [5.74, 6) is -0.469. The Morgan fingerprint density at radius 1 is 1.00 bits per heavy atom. The molecule has 1 aliphatic carbocycles. The highest BCUT2D eigenvalue weighted by molar-refractivity contribution is 6.22. The molecule has 8 nitrogen and oxygen atoms in total. The van der Waals surface area contributed by atoms with Crippen molar-refractivity contribution in [3.8, 4) is 5.69 Å². The number of amides is 2.